The molecule has 3 heteroatoms. The van der Waals surface area contributed by atoms with Crippen LogP contribution in [-0.4, -0.2) is 23.5 Å². The van der Waals surface area contributed by atoms with Crippen LogP contribution in [0.5, 0.6) is 0 Å². The van der Waals surface area contributed by atoms with Gasteiger partial charge in [0.1, 0.15) is 0 Å². The van der Waals surface area contributed by atoms with Crippen LogP contribution in [0.4, 0.5) is 0 Å². The van der Waals surface area contributed by atoms with Crippen molar-refractivity contribution in [2.45, 2.75) is 12.6 Å². The van der Waals surface area contributed by atoms with Crippen LogP contribution in [0.25, 0.3) is 0 Å². The molecule has 0 radical (unpaired) electrons. The van der Waals surface area contributed by atoms with Crippen molar-refractivity contribution in [3.05, 3.63) is 66.0 Å². The Kier molecular flexibility index (Phi) is 4.45. The van der Waals surface area contributed by atoms with Crippen LogP contribution < -0.4 is 5.73 Å². The third-order valence-corrected chi connectivity index (χ3v) is 2.91. The predicted molar refractivity (Wildman–Crippen MR) is 73.9 cm³/mol. The van der Waals surface area contributed by atoms with E-state index in [1.807, 2.05) is 30.5 Å². The van der Waals surface area contributed by atoms with E-state index in [1.54, 1.807) is 6.20 Å². The van der Waals surface area contributed by atoms with Crippen molar-refractivity contribution < 1.29 is 0 Å². The highest BCUT2D eigenvalue weighted by atomic mass is 15.1. The minimum absolute atomic E-state index is 0.0490. The summed E-state index contributed by atoms with van der Waals surface area (Å²) in [4.78, 5) is 6.33. The number of likely N-dealkylation sites (N-methyl/N-ethyl adjacent to an activating group) is 1. The number of pyridine rings is 1. The summed E-state index contributed by atoms with van der Waals surface area (Å²) in [6.07, 6.45) is 3.68. The molecule has 0 aliphatic rings. The Balaban J connectivity index is 1.90. The Morgan fingerprint density at radius 2 is 1.94 bits per heavy atom. The molecule has 2 aromatic rings. The Hall–Kier alpha value is -1.71. The molecule has 0 spiro atoms. The molecule has 2 rings (SSSR count). The van der Waals surface area contributed by atoms with Gasteiger partial charge in [-0.2, -0.15) is 0 Å². The van der Waals surface area contributed by atoms with E-state index in [-0.39, 0.29) is 6.04 Å². The van der Waals surface area contributed by atoms with Gasteiger partial charge in [-0.25, -0.2) is 0 Å². The van der Waals surface area contributed by atoms with Gasteiger partial charge >= 0.3 is 0 Å². The van der Waals surface area contributed by atoms with Crippen molar-refractivity contribution in [3.8, 4) is 0 Å². The summed E-state index contributed by atoms with van der Waals surface area (Å²) >= 11 is 0. The molecule has 1 heterocycles. The van der Waals surface area contributed by atoms with E-state index in [0.29, 0.717) is 0 Å². The molecule has 0 amide bonds. The van der Waals surface area contributed by atoms with Gasteiger partial charge in [0.05, 0.1) is 0 Å². The van der Waals surface area contributed by atoms with Gasteiger partial charge in [0.25, 0.3) is 0 Å². The number of hydrogen-bond donors (Lipinski definition) is 1. The average Bonchev–Trinajstić information content (AvgIpc) is 2.40. The highest BCUT2D eigenvalue weighted by Crippen LogP contribution is 2.11. The lowest BCUT2D eigenvalue weighted by molar-refractivity contribution is 0.305. The monoisotopic (exact) mass is 241 g/mol. The maximum absolute atomic E-state index is 6.19. The van der Waals surface area contributed by atoms with Crippen molar-refractivity contribution in [2.24, 2.45) is 5.73 Å². The van der Waals surface area contributed by atoms with Crippen molar-refractivity contribution in [1.29, 1.82) is 0 Å². The van der Waals surface area contributed by atoms with Crippen molar-refractivity contribution in [2.75, 3.05) is 13.6 Å². The summed E-state index contributed by atoms with van der Waals surface area (Å²) in [6, 6.07) is 14.3. The molecule has 0 saturated carbocycles. The lowest BCUT2D eigenvalue weighted by Crippen LogP contribution is -2.28. The van der Waals surface area contributed by atoms with Crippen LogP contribution in [0, 0.1) is 0 Å². The average molecular weight is 241 g/mol. The topological polar surface area (TPSA) is 42.2 Å². The van der Waals surface area contributed by atoms with Crippen LogP contribution in [-0.2, 0) is 6.54 Å². The first-order valence-corrected chi connectivity index (χ1v) is 6.13. The molecule has 2 N–H and O–H groups in total. The molecule has 94 valence electrons. The van der Waals surface area contributed by atoms with E-state index in [2.05, 4.69) is 35.1 Å². The standard InChI is InChI=1S/C15H19N3/c1-18(11-13-6-5-9-17-10-13)12-15(16)14-7-3-2-4-8-14/h2-10,15H,11-12,16H2,1H3. The van der Waals surface area contributed by atoms with Gasteiger partial charge in [0.2, 0.25) is 0 Å². The Bertz CT molecular complexity index is 456. The summed E-state index contributed by atoms with van der Waals surface area (Å²) in [5.41, 5.74) is 8.58. The molecule has 1 aromatic carbocycles. The summed E-state index contributed by atoms with van der Waals surface area (Å²) in [5.74, 6) is 0. The smallest absolute Gasteiger partial charge is 0.0424 e. The Labute approximate surface area is 108 Å². The fraction of sp³-hybridized carbons (Fsp3) is 0.267. The van der Waals surface area contributed by atoms with Crippen LogP contribution in [0.2, 0.25) is 0 Å². The number of nitrogens with two attached hydrogens (primary N) is 1. The highest BCUT2D eigenvalue weighted by Gasteiger charge is 2.09. The summed E-state index contributed by atoms with van der Waals surface area (Å²) in [7, 11) is 2.08. The van der Waals surface area contributed by atoms with E-state index >= 15 is 0 Å². The number of aromatic nitrogens is 1. The van der Waals surface area contributed by atoms with Crippen LogP contribution in [0.3, 0.4) is 0 Å². The molecule has 0 saturated heterocycles. The first kappa shape index (κ1) is 12.7. The predicted octanol–water partition coefficient (Wildman–Crippen LogP) is 2.21. The van der Waals surface area contributed by atoms with Crippen LogP contribution >= 0.6 is 0 Å². The summed E-state index contributed by atoms with van der Waals surface area (Å²) in [5, 5.41) is 0. The molecule has 3 nitrogen and oxygen atoms in total. The lowest BCUT2D eigenvalue weighted by atomic mass is 10.1. The van der Waals surface area contributed by atoms with E-state index in [9.17, 15) is 0 Å². The minimum Gasteiger partial charge on any atom is -0.323 e. The zero-order valence-corrected chi connectivity index (χ0v) is 10.7. The quantitative estimate of drug-likeness (QED) is 0.872. The summed E-state index contributed by atoms with van der Waals surface area (Å²) in [6.45, 7) is 1.70. The zero-order chi connectivity index (χ0) is 12.8. The molecule has 1 unspecified atom stereocenters. The molecule has 0 aliphatic carbocycles. The number of nitrogens with zero attached hydrogens (tertiary/aromatic N) is 2. The van der Waals surface area contributed by atoms with Crippen molar-refractivity contribution in [3.63, 3.8) is 0 Å². The highest BCUT2D eigenvalue weighted by molar-refractivity contribution is 5.18. The van der Waals surface area contributed by atoms with Gasteiger partial charge in [-0.15, -0.1) is 0 Å². The molecular formula is C15H19N3. The minimum atomic E-state index is 0.0490. The van der Waals surface area contributed by atoms with Crippen molar-refractivity contribution in [1.82, 2.24) is 9.88 Å². The van der Waals surface area contributed by atoms with Gasteiger partial charge < -0.3 is 10.6 Å². The maximum Gasteiger partial charge on any atom is 0.0424 e. The Morgan fingerprint density at radius 1 is 1.17 bits per heavy atom. The number of hydrogen-bond acceptors (Lipinski definition) is 3. The third kappa shape index (κ3) is 3.65. The Morgan fingerprint density at radius 3 is 2.61 bits per heavy atom. The second-order valence-corrected chi connectivity index (χ2v) is 4.58. The first-order valence-electron chi connectivity index (χ1n) is 6.13. The second-order valence-electron chi connectivity index (χ2n) is 4.58. The van der Waals surface area contributed by atoms with Gasteiger partial charge in [0.15, 0.2) is 0 Å². The van der Waals surface area contributed by atoms with Gasteiger partial charge in [0, 0.05) is 31.5 Å². The molecule has 1 aromatic heterocycles. The van der Waals surface area contributed by atoms with Crippen LogP contribution in [0.1, 0.15) is 17.2 Å². The number of benzene rings is 1. The molecule has 0 fully saturated rings. The first-order chi connectivity index (χ1) is 8.75. The molecular weight excluding hydrogens is 222 g/mol. The second kappa shape index (κ2) is 6.28. The molecule has 18 heavy (non-hydrogen) atoms. The summed E-state index contributed by atoms with van der Waals surface area (Å²) < 4.78 is 0. The fourth-order valence-electron chi connectivity index (χ4n) is 2.01. The van der Waals surface area contributed by atoms with E-state index in [0.717, 1.165) is 13.1 Å². The molecule has 0 aliphatic heterocycles. The van der Waals surface area contributed by atoms with Crippen LogP contribution in [0.15, 0.2) is 54.9 Å². The number of rotatable bonds is 5. The normalized spacial score (nSPS) is 12.6. The molecule has 1 atom stereocenters. The van der Waals surface area contributed by atoms with Gasteiger partial charge in [-0.3, -0.25) is 4.98 Å². The largest absolute Gasteiger partial charge is 0.323 e. The van der Waals surface area contributed by atoms with E-state index in [4.69, 9.17) is 5.73 Å². The zero-order valence-electron chi connectivity index (χ0n) is 10.7. The van der Waals surface area contributed by atoms with Crippen molar-refractivity contribution >= 4 is 0 Å². The maximum atomic E-state index is 6.19. The van der Waals surface area contributed by atoms with Gasteiger partial charge in [-0.05, 0) is 24.2 Å². The SMILES string of the molecule is CN(Cc1cccnc1)CC(N)c1ccccc1. The van der Waals surface area contributed by atoms with E-state index in [1.165, 1.54) is 11.1 Å². The lowest BCUT2D eigenvalue weighted by Gasteiger charge is -2.21. The fourth-order valence-corrected chi connectivity index (χ4v) is 2.01. The van der Waals surface area contributed by atoms with Gasteiger partial charge in [-0.1, -0.05) is 36.4 Å². The van der Waals surface area contributed by atoms with E-state index < -0.39 is 0 Å². The third-order valence-electron chi connectivity index (χ3n) is 2.91. The molecule has 0 bridgehead atoms.